The second-order valence-corrected chi connectivity index (χ2v) is 8.04. The molecule has 2 N–H and O–H groups in total. The van der Waals surface area contributed by atoms with Gasteiger partial charge in [0.25, 0.3) is 0 Å². The number of β-amino-alcohol motifs (C(OH)–C–C–N with tert-alkyl or cyclic N) is 1. The largest absolute Gasteiger partial charge is 0.479 e. The lowest BCUT2D eigenvalue weighted by molar-refractivity contribution is -0.150. The molecule has 3 heterocycles. The van der Waals surface area contributed by atoms with Crippen molar-refractivity contribution in [3.05, 3.63) is 21.4 Å². The molecule has 0 radical (unpaired) electrons. The highest BCUT2D eigenvalue weighted by molar-refractivity contribution is 7.12. The number of rotatable bonds is 5. The van der Waals surface area contributed by atoms with Crippen molar-refractivity contribution >= 4 is 17.3 Å². The monoisotopic (exact) mass is 375 g/mol. The van der Waals surface area contributed by atoms with E-state index < -0.39 is 24.1 Å². The number of halogens is 2. The van der Waals surface area contributed by atoms with Crippen LogP contribution in [0.5, 0.6) is 0 Å². The number of aliphatic hydroxyl groups is 1. The Labute approximate surface area is 149 Å². The number of hydrogen-bond donors (Lipinski definition) is 2. The van der Waals surface area contributed by atoms with Crippen LogP contribution in [0.15, 0.2) is 6.07 Å². The van der Waals surface area contributed by atoms with Gasteiger partial charge in [0.15, 0.2) is 6.10 Å². The predicted octanol–water partition coefficient (Wildman–Crippen LogP) is 2.25. The first-order chi connectivity index (χ1) is 11.8. The molecule has 0 amide bonds. The molecule has 8 heteroatoms. The van der Waals surface area contributed by atoms with E-state index in [9.17, 15) is 18.7 Å². The first-order valence-corrected chi connectivity index (χ1v) is 9.31. The molecule has 3 rings (SSSR count). The molecule has 0 saturated carbocycles. The average molecular weight is 375 g/mol. The summed E-state index contributed by atoms with van der Waals surface area (Å²) in [6.45, 7) is 3.25. The molecule has 0 bridgehead atoms. The fraction of sp³-hybridized carbons (Fsp3) is 0.706. The van der Waals surface area contributed by atoms with Crippen molar-refractivity contribution in [2.24, 2.45) is 0 Å². The number of likely N-dealkylation sites (tertiary alicyclic amines) is 1. The minimum absolute atomic E-state index is 0.0364. The van der Waals surface area contributed by atoms with E-state index in [0.717, 1.165) is 16.9 Å². The summed E-state index contributed by atoms with van der Waals surface area (Å²) in [5.41, 5.74) is 0.640. The molecule has 1 saturated heterocycles. The van der Waals surface area contributed by atoms with Gasteiger partial charge in [0, 0.05) is 35.3 Å². The lowest BCUT2D eigenvalue weighted by atomic mass is 9.82. The maximum absolute atomic E-state index is 12.7. The third kappa shape index (κ3) is 3.86. The first kappa shape index (κ1) is 18.7. The van der Waals surface area contributed by atoms with E-state index in [1.54, 1.807) is 0 Å². The summed E-state index contributed by atoms with van der Waals surface area (Å²) in [6, 6.07) is 1.93. The molecular formula is C17H23F2NO4S. The lowest BCUT2D eigenvalue weighted by Gasteiger charge is -2.47. The van der Waals surface area contributed by atoms with Gasteiger partial charge in [-0.25, -0.2) is 13.6 Å². The first-order valence-electron chi connectivity index (χ1n) is 8.50. The van der Waals surface area contributed by atoms with Crippen molar-refractivity contribution in [1.82, 2.24) is 4.90 Å². The number of nitrogens with zero attached hydrogens (tertiary/aromatic N) is 1. The number of piperidine rings is 1. The molecule has 1 fully saturated rings. The van der Waals surface area contributed by atoms with Crippen LogP contribution < -0.4 is 0 Å². The van der Waals surface area contributed by atoms with E-state index in [1.807, 2.05) is 17.9 Å². The zero-order valence-corrected chi connectivity index (χ0v) is 14.9. The van der Waals surface area contributed by atoms with Gasteiger partial charge >= 0.3 is 5.97 Å². The van der Waals surface area contributed by atoms with Crippen LogP contribution >= 0.6 is 11.3 Å². The number of hydrogen-bond acceptors (Lipinski definition) is 5. The maximum atomic E-state index is 12.7. The summed E-state index contributed by atoms with van der Waals surface area (Å²) < 4.78 is 31.6. The highest BCUT2D eigenvalue weighted by atomic mass is 32.1. The number of ether oxygens (including phenoxy) is 1. The topological polar surface area (TPSA) is 70.0 Å². The molecule has 1 aromatic heterocycles. The van der Waals surface area contributed by atoms with Crippen LogP contribution in [0.4, 0.5) is 8.78 Å². The van der Waals surface area contributed by atoms with E-state index in [1.165, 1.54) is 11.3 Å². The Hall–Kier alpha value is -1.09. The highest BCUT2D eigenvalue weighted by Crippen LogP contribution is 2.47. The van der Waals surface area contributed by atoms with Gasteiger partial charge in [-0.3, -0.25) is 4.90 Å². The summed E-state index contributed by atoms with van der Waals surface area (Å²) in [4.78, 5) is 14.6. The predicted molar refractivity (Wildman–Crippen MR) is 89.3 cm³/mol. The number of alkyl halides is 2. The molecular weight excluding hydrogens is 352 g/mol. The van der Waals surface area contributed by atoms with Crippen LogP contribution in [0.1, 0.15) is 35.1 Å². The van der Waals surface area contributed by atoms with Crippen LogP contribution in [-0.2, 0) is 28.0 Å². The Morgan fingerprint density at radius 2 is 2.32 bits per heavy atom. The normalized spacial score (nSPS) is 28.3. The molecule has 5 nitrogen and oxygen atoms in total. The minimum Gasteiger partial charge on any atom is -0.479 e. The van der Waals surface area contributed by atoms with E-state index >= 15 is 0 Å². The number of thiophene rings is 1. The quantitative estimate of drug-likeness (QED) is 0.826. The van der Waals surface area contributed by atoms with Crippen LogP contribution in [0.25, 0.3) is 0 Å². The molecule has 1 spiro atoms. The number of fused-ring (bicyclic) bond motifs is 2. The fourth-order valence-electron chi connectivity index (χ4n) is 3.89. The Kier molecular flexibility index (Phi) is 5.43. The van der Waals surface area contributed by atoms with Gasteiger partial charge in [-0.1, -0.05) is 0 Å². The van der Waals surface area contributed by atoms with Crippen molar-refractivity contribution < 1.29 is 28.5 Å². The van der Waals surface area contributed by atoms with Crippen LogP contribution in [0.2, 0.25) is 0 Å². The molecule has 3 atom stereocenters. The standard InChI is InChI=1S/C17H23F2NO4S/c1-10-8-17(3-4-20(10)9-13(21)16(22)23)15-11(2-5-24-17)6-12(25-15)7-14(18)19/h6,10,13-14,21H,2-5,7-9H2,1H3,(H,22,23)/t10-,13?,17+/m0/s1. The zero-order valence-electron chi connectivity index (χ0n) is 14.1. The molecule has 1 unspecified atom stereocenters. The minimum atomic E-state index is -2.35. The Morgan fingerprint density at radius 1 is 1.56 bits per heavy atom. The smallest absolute Gasteiger partial charge is 0.333 e. The SMILES string of the molecule is C[C@H]1C[C@@]2(CCN1CC(O)C(=O)O)OCCc1cc(CC(F)F)sc12. The number of carbonyl (C=O) groups is 1. The van der Waals surface area contributed by atoms with Gasteiger partial charge in [-0.05, 0) is 37.8 Å². The number of aliphatic carboxylic acids is 1. The molecule has 2 aliphatic heterocycles. The molecule has 140 valence electrons. The zero-order chi connectivity index (χ0) is 18.2. The summed E-state index contributed by atoms with van der Waals surface area (Å²) >= 11 is 1.42. The third-order valence-electron chi connectivity index (χ3n) is 5.12. The Balaban J connectivity index is 1.76. The van der Waals surface area contributed by atoms with Gasteiger partial charge in [0.1, 0.15) is 5.60 Å². The number of carboxylic acids is 1. The fourth-order valence-corrected chi connectivity index (χ4v) is 5.29. The van der Waals surface area contributed by atoms with Crippen molar-refractivity contribution in [3.8, 4) is 0 Å². The molecule has 25 heavy (non-hydrogen) atoms. The summed E-state index contributed by atoms with van der Waals surface area (Å²) in [7, 11) is 0. The van der Waals surface area contributed by atoms with Crippen LogP contribution in [-0.4, -0.2) is 59.3 Å². The summed E-state index contributed by atoms with van der Waals surface area (Å²) in [6.07, 6.45) is -1.90. The van der Waals surface area contributed by atoms with Gasteiger partial charge in [0.05, 0.1) is 6.61 Å². The van der Waals surface area contributed by atoms with E-state index in [0.29, 0.717) is 30.9 Å². The summed E-state index contributed by atoms with van der Waals surface area (Å²) in [5, 5.41) is 18.5. The van der Waals surface area contributed by atoms with Gasteiger partial charge in [-0.2, -0.15) is 0 Å². The maximum Gasteiger partial charge on any atom is 0.333 e. The highest BCUT2D eigenvalue weighted by Gasteiger charge is 2.45. The second kappa shape index (κ2) is 7.26. The molecule has 0 aliphatic carbocycles. The average Bonchev–Trinajstić information content (AvgIpc) is 2.93. The van der Waals surface area contributed by atoms with E-state index in [-0.39, 0.29) is 19.0 Å². The van der Waals surface area contributed by atoms with Crippen LogP contribution in [0.3, 0.4) is 0 Å². The van der Waals surface area contributed by atoms with Crippen molar-refractivity contribution in [3.63, 3.8) is 0 Å². The molecule has 2 aliphatic rings. The number of aliphatic hydroxyl groups excluding tert-OH is 1. The molecule has 1 aromatic rings. The molecule has 0 aromatic carbocycles. The summed E-state index contributed by atoms with van der Waals surface area (Å²) in [5.74, 6) is -1.22. The Bertz CT molecular complexity index is 638. The van der Waals surface area contributed by atoms with Gasteiger partial charge < -0.3 is 14.9 Å². The lowest BCUT2D eigenvalue weighted by Crippen LogP contribution is -2.52. The van der Waals surface area contributed by atoms with E-state index in [2.05, 4.69) is 0 Å². The van der Waals surface area contributed by atoms with Gasteiger partial charge in [-0.15, -0.1) is 11.3 Å². The van der Waals surface area contributed by atoms with E-state index in [4.69, 9.17) is 9.84 Å². The Morgan fingerprint density at radius 3 is 2.96 bits per heavy atom. The number of carboxylic acid groups (broad SMARTS) is 1. The van der Waals surface area contributed by atoms with Crippen LogP contribution in [0, 0.1) is 0 Å². The van der Waals surface area contributed by atoms with Crippen molar-refractivity contribution in [2.75, 3.05) is 19.7 Å². The van der Waals surface area contributed by atoms with Crippen molar-refractivity contribution in [2.45, 2.75) is 56.8 Å². The van der Waals surface area contributed by atoms with Crippen molar-refractivity contribution in [1.29, 1.82) is 0 Å². The third-order valence-corrected chi connectivity index (χ3v) is 6.51. The second-order valence-electron chi connectivity index (χ2n) is 6.91. The van der Waals surface area contributed by atoms with Gasteiger partial charge in [0.2, 0.25) is 6.43 Å².